The number of ether oxygens (including phenoxy) is 1. The monoisotopic (exact) mass is 338 g/mol. The number of aryl methyl sites for hydroxylation is 1. The number of nitrogens with zero attached hydrogens (tertiary/aromatic N) is 6. The average molecular weight is 338 g/mol. The van der Waals surface area contributed by atoms with Crippen molar-refractivity contribution in [2.24, 2.45) is 7.05 Å². The topological polar surface area (TPSA) is 61.0 Å². The predicted molar refractivity (Wildman–Crippen MR) is 92.8 cm³/mol. The van der Waals surface area contributed by atoms with E-state index >= 15 is 0 Å². The summed E-state index contributed by atoms with van der Waals surface area (Å²) in [5.74, 6) is 1.88. The Hall–Kier alpha value is -2.67. The van der Waals surface area contributed by atoms with E-state index in [4.69, 9.17) is 4.74 Å². The van der Waals surface area contributed by atoms with E-state index in [1.54, 1.807) is 12.4 Å². The van der Waals surface area contributed by atoms with Crippen LogP contribution in [-0.4, -0.2) is 35.8 Å². The van der Waals surface area contributed by atoms with E-state index in [9.17, 15) is 0 Å². The molecule has 0 unspecified atom stereocenters. The first-order valence-corrected chi connectivity index (χ1v) is 8.49. The average Bonchev–Trinajstić information content (AvgIpc) is 3.23. The van der Waals surface area contributed by atoms with Crippen molar-refractivity contribution in [3.05, 3.63) is 60.2 Å². The Bertz CT molecular complexity index is 840. The van der Waals surface area contributed by atoms with E-state index in [1.807, 2.05) is 36.3 Å². The van der Waals surface area contributed by atoms with Crippen molar-refractivity contribution in [3.63, 3.8) is 0 Å². The lowest BCUT2D eigenvalue weighted by Crippen LogP contribution is -2.37. The molecule has 0 saturated carbocycles. The molecule has 130 valence electrons. The zero-order valence-corrected chi connectivity index (χ0v) is 14.5. The maximum atomic E-state index is 5.83. The molecule has 1 aliphatic rings. The minimum absolute atomic E-state index is 0.265. The first kappa shape index (κ1) is 15.8. The van der Waals surface area contributed by atoms with Crippen LogP contribution < -0.4 is 4.74 Å². The second-order valence-electron chi connectivity index (χ2n) is 6.41. The molecular weight excluding hydrogens is 316 g/mol. The Morgan fingerprint density at radius 1 is 1.24 bits per heavy atom. The van der Waals surface area contributed by atoms with Gasteiger partial charge < -0.3 is 9.30 Å². The van der Waals surface area contributed by atoms with Crippen molar-refractivity contribution in [3.8, 4) is 5.75 Å². The van der Waals surface area contributed by atoms with Crippen LogP contribution in [0.1, 0.15) is 30.0 Å². The Morgan fingerprint density at radius 2 is 2.16 bits per heavy atom. The highest BCUT2D eigenvalue weighted by Crippen LogP contribution is 2.27. The van der Waals surface area contributed by atoms with E-state index in [0.29, 0.717) is 6.61 Å². The van der Waals surface area contributed by atoms with E-state index in [-0.39, 0.29) is 6.04 Å². The number of pyridine rings is 1. The fourth-order valence-electron chi connectivity index (χ4n) is 3.31. The Morgan fingerprint density at radius 3 is 2.92 bits per heavy atom. The fourth-order valence-corrected chi connectivity index (χ4v) is 3.31. The minimum atomic E-state index is 0.265. The molecule has 0 amide bonds. The molecule has 0 bridgehead atoms. The van der Waals surface area contributed by atoms with Crippen molar-refractivity contribution >= 4 is 0 Å². The van der Waals surface area contributed by atoms with Crippen LogP contribution in [0.2, 0.25) is 0 Å². The normalized spacial score (nSPS) is 17.4. The summed E-state index contributed by atoms with van der Waals surface area (Å²) >= 11 is 0. The zero-order valence-electron chi connectivity index (χ0n) is 14.5. The number of hydrogen-bond acceptors (Lipinski definition) is 5. The summed E-state index contributed by atoms with van der Waals surface area (Å²) in [5.41, 5.74) is 2.33. The molecule has 0 fully saturated rings. The standard InChI is InChI=1S/C18H22N6O/c1-14-18-20-9-16(13-25-17-4-3-5-19-10-17)24(18)7-6-23(14)12-15-8-21-22(2)11-15/h3-5,8-11,14H,6-7,12-13H2,1-2H3/t14-/m1/s1. The van der Waals surface area contributed by atoms with Gasteiger partial charge in [0.15, 0.2) is 0 Å². The van der Waals surface area contributed by atoms with Gasteiger partial charge in [0.2, 0.25) is 0 Å². The number of hydrogen-bond donors (Lipinski definition) is 0. The van der Waals surface area contributed by atoms with E-state index in [0.717, 1.165) is 36.9 Å². The van der Waals surface area contributed by atoms with Crippen LogP contribution >= 0.6 is 0 Å². The molecule has 7 heteroatoms. The number of imidazole rings is 1. The first-order chi connectivity index (χ1) is 12.2. The molecule has 3 aromatic heterocycles. The molecule has 0 aromatic carbocycles. The van der Waals surface area contributed by atoms with Crippen LogP contribution in [0, 0.1) is 0 Å². The zero-order chi connectivity index (χ0) is 17.2. The third kappa shape index (κ3) is 3.28. The molecule has 3 aromatic rings. The van der Waals surface area contributed by atoms with Gasteiger partial charge in [-0.25, -0.2) is 4.98 Å². The summed E-state index contributed by atoms with van der Waals surface area (Å²) in [4.78, 5) is 11.2. The smallest absolute Gasteiger partial charge is 0.138 e. The number of rotatable bonds is 5. The second-order valence-corrected chi connectivity index (χ2v) is 6.41. The van der Waals surface area contributed by atoms with Gasteiger partial charge in [0.25, 0.3) is 0 Å². The van der Waals surface area contributed by atoms with E-state index < -0.39 is 0 Å². The van der Waals surface area contributed by atoms with Crippen LogP contribution in [0.25, 0.3) is 0 Å². The van der Waals surface area contributed by atoms with Gasteiger partial charge in [-0.15, -0.1) is 0 Å². The van der Waals surface area contributed by atoms with E-state index in [2.05, 4.69) is 37.7 Å². The summed E-state index contributed by atoms with van der Waals surface area (Å²) < 4.78 is 9.95. The van der Waals surface area contributed by atoms with Crippen molar-refractivity contribution in [2.75, 3.05) is 6.54 Å². The first-order valence-electron chi connectivity index (χ1n) is 8.49. The van der Waals surface area contributed by atoms with Crippen molar-refractivity contribution < 1.29 is 4.74 Å². The lowest BCUT2D eigenvalue weighted by Gasteiger charge is -2.34. The van der Waals surface area contributed by atoms with E-state index in [1.165, 1.54) is 5.56 Å². The highest BCUT2D eigenvalue weighted by atomic mass is 16.5. The Kier molecular flexibility index (Phi) is 4.23. The molecule has 0 aliphatic carbocycles. The molecule has 7 nitrogen and oxygen atoms in total. The SMILES string of the molecule is C[C@@H]1c2ncc(COc3cccnc3)n2CCN1Cc1cnn(C)c1. The summed E-state index contributed by atoms with van der Waals surface area (Å²) in [6.07, 6.45) is 9.40. The van der Waals surface area contributed by atoms with Gasteiger partial charge >= 0.3 is 0 Å². The van der Waals surface area contributed by atoms with Crippen molar-refractivity contribution in [1.82, 2.24) is 29.2 Å². The number of fused-ring (bicyclic) bond motifs is 1. The molecular formula is C18H22N6O. The molecule has 1 atom stereocenters. The summed E-state index contributed by atoms with van der Waals surface area (Å²) in [7, 11) is 1.95. The van der Waals surface area contributed by atoms with Gasteiger partial charge in [-0.3, -0.25) is 14.6 Å². The molecule has 0 spiro atoms. The van der Waals surface area contributed by atoms with Gasteiger partial charge in [-0.1, -0.05) is 0 Å². The lowest BCUT2D eigenvalue weighted by molar-refractivity contribution is 0.152. The third-order valence-electron chi connectivity index (χ3n) is 4.67. The summed E-state index contributed by atoms with van der Waals surface area (Å²) in [5, 5.41) is 4.26. The highest BCUT2D eigenvalue weighted by molar-refractivity contribution is 5.17. The van der Waals surface area contributed by atoms with Gasteiger partial charge in [-0.2, -0.15) is 5.10 Å². The summed E-state index contributed by atoms with van der Waals surface area (Å²) in [6.45, 7) is 5.52. The van der Waals surface area contributed by atoms with Crippen LogP contribution in [0.4, 0.5) is 0 Å². The quantitative estimate of drug-likeness (QED) is 0.713. The van der Waals surface area contributed by atoms with Crippen LogP contribution in [0.15, 0.2) is 43.1 Å². The lowest BCUT2D eigenvalue weighted by atomic mass is 10.2. The van der Waals surface area contributed by atoms with Crippen LogP contribution in [-0.2, 0) is 26.7 Å². The molecule has 25 heavy (non-hydrogen) atoms. The Balaban J connectivity index is 1.45. The Labute approximate surface area is 146 Å². The molecule has 0 radical (unpaired) electrons. The van der Waals surface area contributed by atoms with Crippen molar-refractivity contribution in [2.45, 2.75) is 32.7 Å². The molecule has 0 saturated heterocycles. The van der Waals surface area contributed by atoms with Crippen LogP contribution in [0.3, 0.4) is 0 Å². The van der Waals surface area contributed by atoms with Gasteiger partial charge in [0.1, 0.15) is 18.2 Å². The molecule has 1 aliphatic heterocycles. The minimum Gasteiger partial charge on any atom is -0.486 e. The van der Waals surface area contributed by atoms with Gasteiger partial charge in [0.05, 0.1) is 30.3 Å². The predicted octanol–water partition coefficient (Wildman–Crippen LogP) is 2.17. The maximum Gasteiger partial charge on any atom is 0.138 e. The molecule has 4 heterocycles. The largest absolute Gasteiger partial charge is 0.486 e. The highest BCUT2D eigenvalue weighted by Gasteiger charge is 2.27. The fraction of sp³-hybridized carbons (Fsp3) is 0.389. The maximum absolute atomic E-state index is 5.83. The van der Waals surface area contributed by atoms with Gasteiger partial charge in [-0.05, 0) is 19.1 Å². The molecule has 4 rings (SSSR count). The third-order valence-corrected chi connectivity index (χ3v) is 4.67. The summed E-state index contributed by atoms with van der Waals surface area (Å²) in [6, 6.07) is 4.05. The van der Waals surface area contributed by atoms with Crippen LogP contribution in [0.5, 0.6) is 5.75 Å². The van der Waals surface area contributed by atoms with Gasteiger partial charge in [0, 0.05) is 44.6 Å². The number of aromatic nitrogens is 5. The van der Waals surface area contributed by atoms with Crippen molar-refractivity contribution in [1.29, 1.82) is 0 Å². The molecule has 0 N–H and O–H groups in total. The second kappa shape index (κ2) is 6.68.